The highest BCUT2D eigenvalue weighted by Gasteiger charge is 2.40. The van der Waals surface area contributed by atoms with E-state index in [1.807, 2.05) is 0 Å². The van der Waals surface area contributed by atoms with Crippen molar-refractivity contribution < 1.29 is 5.11 Å². The van der Waals surface area contributed by atoms with Crippen molar-refractivity contribution in [3.63, 3.8) is 0 Å². The highest BCUT2D eigenvalue weighted by atomic mass is 16.3. The van der Waals surface area contributed by atoms with E-state index in [2.05, 4.69) is 28.9 Å². The van der Waals surface area contributed by atoms with Crippen molar-refractivity contribution in [3.8, 4) is 0 Å². The summed E-state index contributed by atoms with van der Waals surface area (Å²) < 4.78 is 0. The van der Waals surface area contributed by atoms with Crippen molar-refractivity contribution in [1.29, 1.82) is 0 Å². The molecule has 1 saturated heterocycles. The highest BCUT2D eigenvalue weighted by Crippen LogP contribution is 2.36. The summed E-state index contributed by atoms with van der Waals surface area (Å²) in [6, 6.07) is 0.983. The van der Waals surface area contributed by atoms with Gasteiger partial charge in [-0.05, 0) is 18.4 Å². The zero-order valence-electron chi connectivity index (χ0n) is 8.11. The molecule has 0 aromatic carbocycles. The summed E-state index contributed by atoms with van der Waals surface area (Å²) >= 11 is 0. The molecule has 0 amide bonds. The molecule has 3 heteroatoms. The van der Waals surface area contributed by atoms with Crippen LogP contribution < -0.4 is 10.6 Å². The van der Waals surface area contributed by atoms with Gasteiger partial charge in [0.05, 0.1) is 6.10 Å². The smallest absolute Gasteiger partial charge is 0.0757 e. The third-order valence-corrected chi connectivity index (χ3v) is 3.65. The molecular formula is C11H16N2O. The number of rotatable bonds is 0. The summed E-state index contributed by atoms with van der Waals surface area (Å²) in [6.07, 6.45) is 8.15. The molecule has 0 spiro atoms. The van der Waals surface area contributed by atoms with Gasteiger partial charge in [-0.3, -0.25) is 5.32 Å². The number of aliphatic hydroxyl groups is 1. The van der Waals surface area contributed by atoms with Crippen LogP contribution in [0.3, 0.4) is 0 Å². The summed E-state index contributed by atoms with van der Waals surface area (Å²) in [7, 11) is 0. The van der Waals surface area contributed by atoms with Crippen LogP contribution in [0.15, 0.2) is 23.8 Å². The van der Waals surface area contributed by atoms with Gasteiger partial charge in [-0.1, -0.05) is 18.2 Å². The van der Waals surface area contributed by atoms with E-state index in [-0.39, 0.29) is 6.10 Å². The molecule has 3 aliphatic rings. The van der Waals surface area contributed by atoms with Crippen LogP contribution in [0, 0.1) is 5.92 Å². The van der Waals surface area contributed by atoms with Crippen LogP contribution in [0.1, 0.15) is 12.8 Å². The van der Waals surface area contributed by atoms with Gasteiger partial charge in [-0.2, -0.15) is 0 Å². The second kappa shape index (κ2) is 3.19. The van der Waals surface area contributed by atoms with E-state index in [1.165, 1.54) is 5.57 Å². The van der Waals surface area contributed by atoms with Gasteiger partial charge < -0.3 is 10.4 Å². The number of hydrogen-bond donors (Lipinski definition) is 3. The van der Waals surface area contributed by atoms with Crippen molar-refractivity contribution in [1.82, 2.24) is 10.6 Å². The fourth-order valence-corrected chi connectivity index (χ4v) is 2.96. The van der Waals surface area contributed by atoms with Crippen LogP contribution in [0.2, 0.25) is 0 Å². The minimum atomic E-state index is -0.217. The van der Waals surface area contributed by atoms with E-state index in [9.17, 15) is 5.11 Å². The molecule has 76 valence electrons. The largest absolute Gasteiger partial charge is 0.389 e. The lowest BCUT2D eigenvalue weighted by Gasteiger charge is -2.46. The first-order valence-electron chi connectivity index (χ1n) is 5.39. The highest BCUT2D eigenvalue weighted by molar-refractivity contribution is 5.32. The van der Waals surface area contributed by atoms with Gasteiger partial charge in [0.1, 0.15) is 0 Å². The SMILES string of the molecule is OC1CCC2NCNC3C=CC=C1C32. The average molecular weight is 192 g/mol. The Morgan fingerprint density at radius 3 is 3.14 bits per heavy atom. The van der Waals surface area contributed by atoms with Crippen molar-refractivity contribution in [3.05, 3.63) is 23.8 Å². The minimum absolute atomic E-state index is 0.217. The lowest BCUT2D eigenvalue weighted by Crippen LogP contribution is -2.60. The molecule has 0 radical (unpaired) electrons. The second-order valence-electron chi connectivity index (χ2n) is 4.39. The molecule has 4 unspecified atom stereocenters. The molecule has 3 N–H and O–H groups in total. The third-order valence-electron chi connectivity index (χ3n) is 3.65. The van der Waals surface area contributed by atoms with Gasteiger partial charge in [0, 0.05) is 24.7 Å². The van der Waals surface area contributed by atoms with Gasteiger partial charge in [-0.15, -0.1) is 0 Å². The number of allylic oxidation sites excluding steroid dienone is 2. The first-order valence-corrected chi connectivity index (χ1v) is 5.39. The summed E-state index contributed by atoms with van der Waals surface area (Å²) in [5.41, 5.74) is 1.22. The van der Waals surface area contributed by atoms with E-state index in [4.69, 9.17) is 0 Å². The van der Waals surface area contributed by atoms with Gasteiger partial charge in [-0.25, -0.2) is 0 Å². The van der Waals surface area contributed by atoms with Gasteiger partial charge >= 0.3 is 0 Å². The Morgan fingerprint density at radius 1 is 1.29 bits per heavy atom. The molecule has 1 aliphatic heterocycles. The lowest BCUT2D eigenvalue weighted by atomic mass is 9.71. The minimum Gasteiger partial charge on any atom is -0.389 e. The van der Waals surface area contributed by atoms with Crippen LogP contribution in [0.5, 0.6) is 0 Å². The van der Waals surface area contributed by atoms with Gasteiger partial charge in [0.15, 0.2) is 0 Å². The topological polar surface area (TPSA) is 44.3 Å². The maximum Gasteiger partial charge on any atom is 0.0757 e. The predicted molar refractivity (Wildman–Crippen MR) is 54.7 cm³/mol. The average Bonchev–Trinajstić information content (AvgIpc) is 2.24. The van der Waals surface area contributed by atoms with Crippen LogP contribution >= 0.6 is 0 Å². The Kier molecular flexibility index (Phi) is 1.97. The molecule has 0 aromatic heterocycles. The first-order chi connectivity index (χ1) is 6.86. The molecular weight excluding hydrogens is 176 g/mol. The molecule has 14 heavy (non-hydrogen) atoms. The van der Waals surface area contributed by atoms with Crippen molar-refractivity contribution in [2.45, 2.75) is 31.0 Å². The Hall–Kier alpha value is -0.640. The Bertz CT molecular complexity index is 298. The summed E-state index contributed by atoms with van der Waals surface area (Å²) in [5.74, 6) is 0.470. The van der Waals surface area contributed by atoms with Gasteiger partial charge in [0.2, 0.25) is 0 Å². The maximum absolute atomic E-state index is 9.90. The molecule has 0 bridgehead atoms. The second-order valence-corrected chi connectivity index (χ2v) is 4.39. The van der Waals surface area contributed by atoms with Crippen molar-refractivity contribution >= 4 is 0 Å². The summed E-state index contributed by atoms with van der Waals surface area (Å²) in [6.45, 7) is 0.888. The summed E-state index contributed by atoms with van der Waals surface area (Å²) in [4.78, 5) is 0. The molecule has 4 atom stereocenters. The molecule has 2 fully saturated rings. The molecule has 3 nitrogen and oxygen atoms in total. The zero-order chi connectivity index (χ0) is 9.54. The Balaban J connectivity index is 1.96. The van der Waals surface area contributed by atoms with Crippen LogP contribution in [0.25, 0.3) is 0 Å². The quantitative estimate of drug-likeness (QED) is 0.511. The molecule has 3 rings (SSSR count). The maximum atomic E-state index is 9.90. The third kappa shape index (κ3) is 1.16. The van der Waals surface area contributed by atoms with Crippen molar-refractivity contribution in [2.24, 2.45) is 5.92 Å². The van der Waals surface area contributed by atoms with Crippen LogP contribution in [0.4, 0.5) is 0 Å². The summed E-state index contributed by atoms with van der Waals surface area (Å²) in [5, 5.41) is 16.8. The predicted octanol–water partition coefficient (Wildman–Crippen LogP) is 0.141. The molecule has 1 heterocycles. The van der Waals surface area contributed by atoms with Crippen LogP contribution in [-0.4, -0.2) is 30.0 Å². The monoisotopic (exact) mass is 192 g/mol. The molecule has 0 aromatic rings. The van der Waals surface area contributed by atoms with Crippen molar-refractivity contribution in [2.75, 3.05) is 6.67 Å². The van der Waals surface area contributed by atoms with E-state index in [0.29, 0.717) is 18.0 Å². The lowest BCUT2D eigenvalue weighted by molar-refractivity contribution is 0.115. The van der Waals surface area contributed by atoms with E-state index < -0.39 is 0 Å². The first kappa shape index (κ1) is 8.65. The van der Waals surface area contributed by atoms with E-state index in [0.717, 1.165) is 19.5 Å². The zero-order valence-corrected chi connectivity index (χ0v) is 8.11. The van der Waals surface area contributed by atoms with E-state index >= 15 is 0 Å². The fraction of sp³-hybridized carbons (Fsp3) is 0.636. The number of nitrogens with one attached hydrogen (secondary N) is 2. The number of aliphatic hydroxyl groups excluding tert-OH is 1. The van der Waals surface area contributed by atoms with E-state index in [1.54, 1.807) is 0 Å². The Morgan fingerprint density at radius 2 is 2.21 bits per heavy atom. The van der Waals surface area contributed by atoms with Crippen LogP contribution in [-0.2, 0) is 0 Å². The van der Waals surface area contributed by atoms with Gasteiger partial charge in [0.25, 0.3) is 0 Å². The molecule has 1 saturated carbocycles. The fourth-order valence-electron chi connectivity index (χ4n) is 2.96. The number of hydrogen-bond acceptors (Lipinski definition) is 3. The normalized spacial score (nSPS) is 45.6. The standard InChI is InChI=1S/C11H16N2O/c14-10-5-4-9-11-7(10)2-1-3-8(11)12-6-13-9/h1-3,8-14H,4-6H2. The Labute approximate surface area is 83.9 Å². The molecule has 2 aliphatic carbocycles.